The molecule has 1 fully saturated rings. The van der Waals surface area contributed by atoms with E-state index in [9.17, 15) is 18.0 Å². The van der Waals surface area contributed by atoms with Crippen molar-refractivity contribution in [1.29, 1.82) is 0 Å². The van der Waals surface area contributed by atoms with Crippen molar-refractivity contribution in [3.05, 3.63) is 23.8 Å². The number of hydrogen-bond acceptors (Lipinski definition) is 7. The van der Waals surface area contributed by atoms with E-state index in [1.165, 1.54) is 26.4 Å². The van der Waals surface area contributed by atoms with Crippen molar-refractivity contribution in [3.63, 3.8) is 0 Å². The number of carbonyl (C=O) groups excluding carboxylic acids is 2. The number of sulfonamides is 1. The van der Waals surface area contributed by atoms with Crippen LogP contribution in [0.5, 0.6) is 5.75 Å². The maximum absolute atomic E-state index is 12.9. The van der Waals surface area contributed by atoms with Gasteiger partial charge in [-0.05, 0) is 30.7 Å². The third-order valence-electron chi connectivity index (χ3n) is 4.15. The van der Waals surface area contributed by atoms with Gasteiger partial charge in [-0.25, -0.2) is 8.42 Å². The summed E-state index contributed by atoms with van der Waals surface area (Å²) in [7, 11) is -0.853. The number of benzene rings is 1. The monoisotopic (exact) mass is 415 g/mol. The molecular weight excluding hydrogens is 390 g/mol. The van der Waals surface area contributed by atoms with Gasteiger partial charge < -0.3 is 24.8 Å². The van der Waals surface area contributed by atoms with Crippen molar-refractivity contribution >= 4 is 21.8 Å². The molecule has 0 aliphatic carbocycles. The molecule has 2 rings (SSSR count). The first-order chi connectivity index (χ1) is 13.3. The summed E-state index contributed by atoms with van der Waals surface area (Å²) >= 11 is 0. The van der Waals surface area contributed by atoms with Crippen LogP contribution in [-0.2, 0) is 29.1 Å². The Kier molecular flexibility index (Phi) is 7.75. The molecule has 1 aliphatic heterocycles. The smallest absolute Gasteiger partial charge is 0.309 e. The van der Waals surface area contributed by atoms with Crippen molar-refractivity contribution in [1.82, 2.24) is 14.9 Å². The van der Waals surface area contributed by atoms with Crippen LogP contribution in [0.3, 0.4) is 0 Å². The molecule has 0 unspecified atom stereocenters. The first-order valence-corrected chi connectivity index (χ1v) is 10.1. The Morgan fingerprint density at radius 1 is 1.25 bits per heavy atom. The Morgan fingerprint density at radius 2 is 1.96 bits per heavy atom. The molecule has 0 radical (unpaired) electrons. The maximum Gasteiger partial charge on any atom is 0.309 e. The highest BCUT2D eigenvalue weighted by Crippen LogP contribution is 2.26. The Morgan fingerprint density at radius 3 is 2.61 bits per heavy atom. The largest absolute Gasteiger partial charge is 0.496 e. The van der Waals surface area contributed by atoms with Gasteiger partial charge in [-0.3, -0.25) is 9.59 Å². The van der Waals surface area contributed by atoms with Crippen LogP contribution in [0.1, 0.15) is 5.56 Å². The SMILES string of the molecule is COCCNC(=O)C(=O)NC[C@@H]1OCCN1S(=O)(=O)c1ccc(OC)c(C)c1. The number of methoxy groups -OCH3 is 2. The predicted octanol–water partition coefficient (Wildman–Crippen LogP) is -0.771. The van der Waals surface area contributed by atoms with E-state index in [2.05, 4.69) is 10.6 Å². The van der Waals surface area contributed by atoms with E-state index in [1.54, 1.807) is 13.0 Å². The lowest BCUT2D eigenvalue weighted by Gasteiger charge is -2.23. The minimum atomic E-state index is -3.84. The number of hydrogen-bond donors (Lipinski definition) is 2. The quantitative estimate of drug-likeness (QED) is 0.422. The van der Waals surface area contributed by atoms with Crippen LogP contribution in [0, 0.1) is 6.92 Å². The van der Waals surface area contributed by atoms with Crippen molar-refractivity contribution in [2.45, 2.75) is 18.0 Å². The first kappa shape index (κ1) is 22.1. The molecule has 10 nitrogen and oxygen atoms in total. The second-order valence-electron chi connectivity index (χ2n) is 6.03. The summed E-state index contributed by atoms with van der Waals surface area (Å²) < 4.78 is 42.4. The number of amides is 2. The van der Waals surface area contributed by atoms with Gasteiger partial charge in [0.25, 0.3) is 0 Å². The Bertz CT molecular complexity index is 813. The van der Waals surface area contributed by atoms with E-state index in [1.807, 2.05) is 0 Å². The Labute approximate surface area is 164 Å². The topological polar surface area (TPSA) is 123 Å². The third kappa shape index (κ3) is 5.19. The van der Waals surface area contributed by atoms with E-state index in [-0.39, 0.29) is 37.7 Å². The molecule has 0 spiro atoms. The van der Waals surface area contributed by atoms with Crippen LogP contribution in [0.4, 0.5) is 0 Å². The van der Waals surface area contributed by atoms with Crippen LogP contribution < -0.4 is 15.4 Å². The van der Waals surface area contributed by atoms with Gasteiger partial charge in [-0.1, -0.05) is 0 Å². The summed E-state index contributed by atoms with van der Waals surface area (Å²) in [5, 5.41) is 4.77. The van der Waals surface area contributed by atoms with E-state index >= 15 is 0 Å². The number of ether oxygens (including phenoxy) is 3. The van der Waals surface area contributed by atoms with Crippen LogP contribution in [0.25, 0.3) is 0 Å². The zero-order valence-corrected chi connectivity index (χ0v) is 16.9. The lowest BCUT2D eigenvalue weighted by Crippen LogP contribution is -2.47. The fourth-order valence-electron chi connectivity index (χ4n) is 2.70. The molecule has 28 heavy (non-hydrogen) atoms. The Hall–Kier alpha value is -2.21. The molecule has 0 bridgehead atoms. The third-order valence-corrected chi connectivity index (χ3v) is 6.04. The summed E-state index contributed by atoms with van der Waals surface area (Å²) in [4.78, 5) is 23.6. The minimum Gasteiger partial charge on any atom is -0.496 e. The van der Waals surface area contributed by atoms with Crippen molar-refractivity contribution < 1.29 is 32.2 Å². The second-order valence-corrected chi connectivity index (χ2v) is 7.92. The highest BCUT2D eigenvalue weighted by atomic mass is 32.2. The fourth-order valence-corrected chi connectivity index (χ4v) is 4.29. The lowest BCUT2D eigenvalue weighted by atomic mass is 10.2. The van der Waals surface area contributed by atoms with Gasteiger partial charge in [-0.15, -0.1) is 0 Å². The molecule has 1 aliphatic rings. The minimum absolute atomic E-state index is 0.102. The summed E-state index contributed by atoms with van der Waals surface area (Å²) in [6.07, 6.45) is -0.900. The molecule has 2 amide bonds. The van der Waals surface area contributed by atoms with Gasteiger partial charge in [0.1, 0.15) is 12.0 Å². The second kappa shape index (κ2) is 9.82. The molecule has 1 aromatic rings. The highest BCUT2D eigenvalue weighted by Gasteiger charge is 2.36. The van der Waals surface area contributed by atoms with Crippen LogP contribution in [-0.4, -0.2) is 77.8 Å². The van der Waals surface area contributed by atoms with Gasteiger partial charge in [0.05, 0.1) is 31.8 Å². The average Bonchev–Trinajstić information content (AvgIpc) is 3.15. The summed E-state index contributed by atoms with van der Waals surface area (Å²) in [5.41, 5.74) is 0.682. The normalized spacial score (nSPS) is 17.3. The highest BCUT2D eigenvalue weighted by molar-refractivity contribution is 7.89. The predicted molar refractivity (Wildman–Crippen MR) is 99.3 cm³/mol. The van der Waals surface area contributed by atoms with Crippen molar-refractivity contribution in [2.24, 2.45) is 0 Å². The number of rotatable bonds is 8. The first-order valence-electron chi connectivity index (χ1n) is 8.64. The Balaban J connectivity index is 2.02. The van der Waals surface area contributed by atoms with Gasteiger partial charge in [0, 0.05) is 20.2 Å². The van der Waals surface area contributed by atoms with E-state index in [0.717, 1.165) is 4.31 Å². The zero-order chi connectivity index (χ0) is 20.7. The van der Waals surface area contributed by atoms with Crippen LogP contribution in [0.2, 0.25) is 0 Å². The maximum atomic E-state index is 12.9. The summed E-state index contributed by atoms with van der Waals surface area (Å²) in [5.74, 6) is -1.11. The molecule has 156 valence electrons. The average molecular weight is 415 g/mol. The van der Waals surface area contributed by atoms with E-state index in [4.69, 9.17) is 14.2 Å². The number of nitrogens with one attached hydrogen (secondary N) is 2. The molecule has 0 saturated carbocycles. The van der Waals surface area contributed by atoms with Crippen molar-refractivity contribution in [2.75, 3.05) is 47.1 Å². The summed E-state index contributed by atoms with van der Waals surface area (Å²) in [6, 6.07) is 4.56. The molecule has 1 atom stereocenters. The van der Waals surface area contributed by atoms with Crippen molar-refractivity contribution in [3.8, 4) is 5.75 Å². The lowest BCUT2D eigenvalue weighted by molar-refractivity contribution is -0.139. The molecule has 1 heterocycles. The summed E-state index contributed by atoms with van der Waals surface area (Å²) in [6.45, 7) is 2.41. The van der Waals surface area contributed by atoms with Gasteiger partial charge in [0.15, 0.2) is 0 Å². The zero-order valence-electron chi connectivity index (χ0n) is 16.1. The van der Waals surface area contributed by atoms with Crippen LogP contribution in [0.15, 0.2) is 23.1 Å². The number of nitrogens with zero attached hydrogens (tertiary/aromatic N) is 1. The molecule has 0 aromatic heterocycles. The van der Waals surface area contributed by atoms with Gasteiger partial charge >= 0.3 is 11.8 Å². The van der Waals surface area contributed by atoms with E-state index < -0.39 is 28.1 Å². The molecular formula is C17H25N3O7S. The number of carbonyl (C=O) groups is 2. The van der Waals surface area contributed by atoms with Crippen LogP contribution >= 0.6 is 0 Å². The molecule has 1 saturated heterocycles. The molecule has 1 aromatic carbocycles. The van der Waals surface area contributed by atoms with Gasteiger partial charge in [0.2, 0.25) is 10.0 Å². The molecule has 2 N–H and O–H groups in total. The van der Waals surface area contributed by atoms with Gasteiger partial charge in [-0.2, -0.15) is 4.31 Å². The number of aryl methyl sites for hydroxylation is 1. The fraction of sp³-hybridized carbons (Fsp3) is 0.529. The van der Waals surface area contributed by atoms with E-state index in [0.29, 0.717) is 11.3 Å². The molecule has 11 heteroatoms. The standard InChI is InChI=1S/C17H25N3O7S/c1-12-10-13(4-5-14(12)26-3)28(23,24)20-7-9-27-15(20)11-19-17(22)16(21)18-6-8-25-2/h4-5,10,15H,6-9,11H2,1-3H3,(H,18,21)(H,19,22)/t15-/m0/s1.